The summed E-state index contributed by atoms with van der Waals surface area (Å²) in [6.07, 6.45) is 2.15. The number of nitrogens with one attached hydrogen (secondary N) is 1. The van der Waals surface area contributed by atoms with Gasteiger partial charge in [0.1, 0.15) is 17.2 Å². The van der Waals surface area contributed by atoms with Crippen molar-refractivity contribution in [2.24, 2.45) is 0 Å². The molecule has 2 heterocycles. The van der Waals surface area contributed by atoms with E-state index in [0.29, 0.717) is 18.8 Å². The third kappa shape index (κ3) is 4.88. The normalized spacial score (nSPS) is 13.8. The van der Waals surface area contributed by atoms with Crippen molar-refractivity contribution in [3.63, 3.8) is 0 Å². The monoisotopic (exact) mass is 434 g/mol. The zero-order valence-corrected chi connectivity index (χ0v) is 18.7. The topological polar surface area (TPSA) is 70.7 Å². The molecule has 0 spiro atoms. The molecule has 0 bridgehead atoms. The number of carbonyl (C=O) groups is 1. The van der Waals surface area contributed by atoms with E-state index >= 15 is 0 Å². The Morgan fingerprint density at radius 3 is 2.53 bits per heavy atom. The number of nitrogens with zero attached hydrogens (tertiary/aromatic N) is 3. The number of carbonyl (C=O) groups excluding carboxylic acids is 1. The van der Waals surface area contributed by atoms with E-state index in [0.717, 1.165) is 61.0 Å². The number of amides is 1. The number of methoxy groups -OCH3 is 1. The van der Waals surface area contributed by atoms with Crippen LogP contribution < -0.4 is 14.4 Å². The van der Waals surface area contributed by atoms with E-state index in [9.17, 15) is 4.79 Å². The van der Waals surface area contributed by atoms with E-state index in [1.165, 1.54) is 0 Å². The van der Waals surface area contributed by atoms with Gasteiger partial charge in [-0.3, -0.25) is 9.89 Å². The van der Waals surface area contributed by atoms with Crippen LogP contribution in [0.25, 0.3) is 11.3 Å². The van der Waals surface area contributed by atoms with Gasteiger partial charge in [0.05, 0.1) is 25.1 Å². The highest BCUT2D eigenvalue weighted by atomic mass is 16.5. The molecule has 0 atom stereocenters. The molecule has 1 N–H and O–H groups in total. The van der Waals surface area contributed by atoms with Gasteiger partial charge < -0.3 is 19.3 Å². The van der Waals surface area contributed by atoms with Crippen molar-refractivity contribution in [2.75, 3.05) is 44.8 Å². The molecular weight excluding hydrogens is 404 g/mol. The molecule has 1 aliphatic rings. The van der Waals surface area contributed by atoms with Gasteiger partial charge in [0.15, 0.2) is 0 Å². The van der Waals surface area contributed by atoms with Crippen molar-refractivity contribution >= 4 is 11.6 Å². The fourth-order valence-electron chi connectivity index (χ4n) is 3.85. The minimum absolute atomic E-state index is 0.0251. The van der Waals surface area contributed by atoms with Gasteiger partial charge in [-0.15, -0.1) is 0 Å². The summed E-state index contributed by atoms with van der Waals surface area (Å²) in [6.45, 7) is 5.67. The number of hydrogen-bond donors (Lipinski definition) is 1. The summed E-state index contributed by atoms with van der Waals surface area (Å²) in [4.78, 5) is 17.1. The minimum Gasteiger partial charge on any atom is -0.495 e. The van der Waals surface area contributed by atoms with Crippen LogP contribution in [0.2, 0.25) is 0 Å². The highest BCUT2D eigenvalue weighted by Gasteiger charge is 2.25. The van der Waals surface area contributed by atoms with E-state index in [2.05, 4.69) is 28.1 Å². The fourth-order valence-corrected chi connectivity index (χ4v) is 3.85. The first kappa shape index (κ1) is 21.7. The van der Waals surface area contributed by atoms with E-state index in [1.54, 1.807) is 7.11 Å². The van der Waals surface area contributed by atoms with E-state index < -0.39 is 0 Å². The molecule has 1 fully saturated rings. The Morgan fingerprint density at radius 2 is 1.81 bits per heavy atom. The first-order valence-corrected chi connectivity index (χ1v) is 11.2. The summed E-state index contributed by atoms with van der Waals surface area (Å²) in [6, 6.07) is 17.6. The van der Waals surface area contributed by atoms with Crippen LogP contribution in [0.5, 0.6) is 11.5 Å². The molecule has 7 nitrogen and oxygen atoms in total. The zero-order valence-electron chi connectivity index (χ0n) is 18.7. The lowest BCUT2D eigenvalue weighted by Gasteiger charge is -2.36. The predicted molar refractivity (Wildman–Crippen MR) is 126 cm³/mol. The van der Waals surface area contributed by atoms with Gasteiger partial charge in [0.25, 0.3) is 5.91 Å². The number of aromatic nitrogens is 2. The predicted octanol–water partition coefficient (Wildman–Crippen LogP) is 4.23. The van der Waals surface area contributed by atoms with Crippen molar-refractivity contribution in [2.45, 2.75) is 19.8 Å². The summed E-state index contributed by atoms with van der Waals surface area (Å²) < 4.78 is 11.2. The molecule has 32 heavy (non-hydrogen) atoms. The highest BCUT2D eigenvalue weighted by Crippen LogP contribution is 2.28. The zero-order chi connectivity index (χ0) is 22.3. The van der Waals surface area contributed by atoms with E-state index in [-0.39, 0.29) is 5.91 Å². The van der Waals surface area contributed by atoms with E-state index in [4.69, 9.17) is 9.47 Å². The minimum atomic E-state index is -0.0251. The Morgan fingerprint density at radius 1 is 1.06 bits per heavy atom. The number of aromatic amines is 1. The Labute approximate surface area is 188 Å². The van der Waals surface area contributed by atoms with Gasteiger partial charge in [-0.1, -0.05) is 25.5 Å². The Hall–Kier alpha value is -3.48. The number of ether oxygens (including phenoxy) is 2. The molecule has 1 aliphatic heterocycles. The second-order valence-electron chi connectivity index (χ2n) is 7.84. The van der Waals surface area contributed by atoms with Crippen molar-refractivity contribution in [3.05, 3.63) is 60.3 Å². The third-order valence-corrected chi connectivity index (χ3v) is 5.72. The van der Waals surface area contributed by atoms with Gasteiger partial charge >= 0.3 is 0 Å². The number of benzene rings is 2. The first-order chi connectivity index (χ1) is 15.7. The summed E-state index contributed by atoms with van der Waals surface area (Å²) in [5.41, 5.74) is 3.27. The lowest BCUT2D eigenvalue weighted by Crippen LogP contribution is -2.49. The molecular formula is C25H30N4O3. The van der Waals surface area contributed by atoms with Gasteiger partial charge in [0.2, 0.25) is 0 Å². The largest absolute Gasteiger partial charge is 0.495 e. The molecule has 7 heteroatoms. The SMILES string of the molecule is CCCCOc1ccc(-c2cc(C(=O)N3CCN(c4ccccc4OC)CC3)[nH]n2)cc1. The van der Waals surface area contributed by atoms with Gasteiger partial charge in [-0.2, -0.15) is 5.10 Å². The van der Waals surface area contributed by atoms with Gasteiger partial charge in [0, 0.05) is 31.7 Å². The summed E-state index contributed by atoms with van der Waals surface area (Å²) in [5, 5.41) is 7.27. The molecule has 0 unspecified atom stereocenters. The number of hydrogen-bond acceptors (Lipinski definition) is 5. The maximum absolute atomic E-state index is 13.0. The quantitative estimate of drug-likeness (QED) is 0.538. The third-order valence-electron chi connectivity index (χ3n) is 5.72. The molecule has 0 radical (unpaired) electrons. The number of unbranched alkanes of at least 4 members (excludes halogenated alkanes) is 1. The molecule has 1 saturated heterocycles. The Balaban J connectivity index is 1.36. The fraction of sp³-hybridized carbons (Fsp3) is 0.360. The number of rotatable bonds is 8. The highest BCUT2D eigenvalue weighted by molar-refractivity contribution is 5.93. The lowest BCUT2D eigenvalue weighted by atomic mass is 10.1. The molecule has 1 amide bonds. The van der Waals surface area contributed by atoms with Crippen LogP contribution in [0.4, 0.5) is 5.69 Å². The number of H-pyrrole nitrogens is 1. The van der Waals surface area contributed by atoms with Crippen molar-refractivity contribution in [1.82, 2.24) is 15.1 Å². The van der Waals surface area contributed by atoms with Crippen LogP contribution in [0.15, 0.2) is 54.6 Å². The number of anilines is 1. The van der Waals surface area contributed by atoms with Gasteiger partial charge in [-0.25, -0.2) is 0 Å². The lowest BCUT2D eigenvalue weighted by molar-refractivity contribution is 0.0740. The average Bonchev–Trinajstić information content (AvgIpc) is 3.35. The van der Waals surface area contributed by atoms with Crippen LogP contribution in [-0.2, 0) is 0 Å². The van der Waals surface area contributed by atoms with Crippen LogP contribution in [0.3, 0.4) is 0 Å². The standard InChI is InChI=1S/C25H30N4O3/c1-3-4-17-32-20-11-9-19(10-12-20)21-18-22(27-26-21)25(30)29-15-13-28(14-16-29)23-7-5-6-8-24(23)31-2/h5-12,18H,3-4,13-17H2,1-2H3,(H,26,27). The molecule has 1 aromatic heterocycles. The Bertz CT molecular complexity index is 1020. The summed E-state index contributed by atoms with van der Waals surface area (Å²) in [5.74, 6) is 1.68. The maximum atomic E-state index is 13.0. The molecule has 4 rings (SSSR count). The molecule has 0 saturated carbocycles. The maximum Gasteiger partial charge on any atom is 0.272 e. The average molecular weight is 435 g/mol. The van der Waals surface area contributed by atoms with Crippen LogP contribution in [0.1, 0.15) is 30.3 Å². The summed E-state index contributed by atoms with van der Waals surface area (Å²) in [7, 11) is 1.68. The van der Waals surface area contributed by atoms with Crippen molar-refractivity contribution in [1.29, 1.82) is 0 Å². The smallest absolute Gasteiger partial charge is 0.272 e. The van der Waals surface area contributed by atoms with Crippen LogP contribution >= 0.6 is 0 Å². The molecule has 2 aromatic carbocycles. The second-order valence-corrected chi connectivity index (χ2v) is 7.84. The van der Waals surface area contributed by atoms with Crippen molar-refractivity contribution < 1.29 is 14.3 Å². The van der Waals surface area contributed by atoms with Crippen molar-refractivity contribution in [3.8, 4) is 22.8 Å². The molecule has 3 aromatic rings. The number of para-hydroxylation sites is 2. The van der Waals surface area contributed by atoms with Crippen LogP contribution in [0, 0.1) is 0 Å². The first-order valence-electron chi connectivity index (χ1n) is 11.2. The summed E-state index contributed by atoms with van der Waals surface area (Å²) >= 11 is 0. The van der Waals surface area contributed by atoms with E-state index in [1.807, 2.05) is 53.4 Å². The number of piperazine rings is 1. The Kier molecular flexibility index (Phi) is 6.94. The van der Waals surface area contributed by atoms with Crippen LogP contribution in [-0.4, -0.2) is 60.9 Å². The second kappa shape index (κ2) is 10.2. The van der Waals surface area contributed by atoms with Gasteiger partial charge in [-0.05, 0) is 48.9 Å². The molecule has 0 aliphatic carbocycles. The molecule has 168 valence electrons.